The van der Waals surface area contributed by atoms with Crippen LogP contribution in [-0.4, -0.2) is 46.3 Å². The molecule has 5 nitrogen and oxygen atoms in total. The molecule has 0 N–H and O–H groups in total. The first-order valence-electron chi connectivity index (χ1n) is 10.5. The van der Waals surface area contributed by atoms with Crippen LogP contribution in [0, 0.1) is 18.8 Å². The molecule has 1 aromatic carbocycles. The largest absolute Gasteiger partial charge is 0.347 e. The number of likely N-dealkylation sites (tertiary alicyclic amines) is 1. The molecule has 1 aromatic heterocycles. The molecule has 2 aliphatic rings. The molecule has 0 saturated carbocycles. The van der Waals surface area contributed by atoms with Crippen molar-refractivity contribution < 1.29 is 4.79 Å². The maximum absolute atomic E-state index is 12.8. The topological polar surface area (TPSA) is 49.3 Å². The molecule has 6 heteroatoms. The van der Waals surface area contributed by atoms with Gasteiger partial charge in [-0.3, -0.25) is 4.79 Å². The Morgan fingerprint density at radius 3 is 2.43 bits per heavy atom. The number of aromatic nitrogens is 2. The van der Waals surface area contributed by atoms with Crippen LogP contribution >= 0.6 is 11.5 Å². The van der Waals surface area contributed by atoms with E-state index >= 15 is 0 Å². The van der Waals surface area contributed by atoms with Crippen molar-refractivity contribution in [3.8, 4) is 0 Å². The second-order valence-electron chi connectivity index (χ2n) is 8.42. The molecular weight excluding hydrogens is 368 g/mol. The van der Waals surface area contributed by atoms with Crippen molar-refractivity contribution in [1.82, 2.24) is 14.3 Å². The highest BCUT2D eigenvalue weighted by Crippen LogP contribution is 2.27. The summed E-state index contributed by atoms with van der Waals surface area (Å²) in [6.45, 7) is 8.08. The molecule has 0 radical (unpaired) electrons. The van der Waals surface area contributed by atoms with Gasteiger partial charge in [0.1, 0.15) is 5.82 Å². The summed E-state index contributed by atoms with van der Waals surface area (Å²) in [5, 5.41) is 1.000. The van der Waals surface area contributed by atoms with Crippen molar-refractivity contribution in [1.29, 1.82) is 0 Å². The van der Waals surface area contributed by atoms with E-state index in [1.165, 1.54) is 22.7 Å². The Morgan fingerprint density at radius 1 is 1.07 bits per heavy atom. The summed E-state index contributed by atoms with van der Waals surface area (Å²) in [6, 6.07) is 8.56. The number of amides is 1. The van der Waals surface area contributed by atoms with Gasteiger partial charge < -0.3 is 9.80 Å². The van der Waals surface area contributed by atoms with Gasteiger partial charge in [-0.25, -0.2) is 4.98 Å². The first-order valence-corrected chi connectivity index (χ1v) is 11.3. The van der Waals surface area contributed by atoms with Crippen molar-refractivity contribution >= 4 is 22.6 Å². The van der Waals surface area contributed by atoms with Crippen molar-refractivity contribution in [2.45, 2.75) is 46.0 Å². The minimum atomic E-state index is 0.185. The van der Waals surface area contributed by atoms with Crippen LogP contribution in [0.1, 0.15) is 49.6 Å². The molecule has 0 bridgehead atoms. The maximum atomic E-state index is 12.8. The Hall–Kier alpha value is -1.95. The third-order valence-corrected chi connectivity index (χ3v) is 6.97. The average Bonchev–Trinajstić information content (AvgIpc) is 3.18. The molecule has 2 aromatic rings. The Labute approximate surface area is 171 Å². The number of benzene rings is 1. The number of rotatable bonds is 4. The summed E-state index contributed by atoms with van der Waals surface area (Å²) in [6.07, 6.45) is 4.94. The summed E-state index contributed by atoms with van der Waals surface area (Å²) in [5.74, 6) is 2.22. The van der Waals surface area contributed by atoms with Crippen molar-refractivity contribution in [2.75, 3.05) is 31.1 Å². The van der Waals surface area contributed by atoms with Crippen LogP contribution in [0.5, 0.6) is 0 Å². The second-order valence-corrected chi connectivity index (χ2v) is 9.15. The first kappa shape index (κ1) is 19.4. The Bertz CT molecular complexity index is 787. The van der Waals surface area contributed by atoms with E-state index in [2.05, 4.69) is 52.3 Å². The fourth-order valence-electron chi connectivity index (χ4n) is 4.14. The molecule has 3 heterocycles. The molecule has 1 amide bonds. The third-order valence-electron chi connectivity index (χ3n) is 6.15. The predicted molar refractivity (Wildman–Crippen MR) is 114 cm³/mol. The zero-order valence-corrected chi connectivity index (χ0v) is 17.7. The van der Waals surface area contributed by atoms with E-state index in [4.69, 9.17) is 4.98 Å². The van der Waals surface area contributed by atoms with Gasteiger partial charge in [0.2, 0.25) is 11.0 Å². The van der Waals surface area contributed by atoms with Gasteiger partial charge in [0, 0.05) is 50.1 Å². The fourth-order valence-corrected chi connectivity index (χ4v) is 4.88. The van der Waals surface area contributed by atoms with Gasteiger partial charge in [0.25, 0.3) is 0 Å². The number of carbonyl (C=O) groups is 1. The third kappa shape index (κ3) is 4.54. The zero-order chi connectivity index (χ0) is 19.5. The molecular formula is C22H30N4OS. The minimum absolute atomic E-state index is 0.185. The number of nitrogens with zero attached hydrogens (tertiary/aromatic N) is 4. The quantitative estimate of drug-likeness (QED) is 0.783. The fraction of sp³-hybridized carbons (Fsp3) is 0.591. The summed E-state index contributed by atoms with van der Waals surface area (Å²) in [4.78, 5) is 22.0. The van der Waals surface area contributed by atoms with Crippen LogP contribution in [0.4, 0.5) is 5.13 Å². The van der Waals surface area contributed by atoms with Crippen molar-refractivity contribution in [3.05, 3.63) is 41.2 Å². The number of hydrogen-bond acceptors (Lipinski definition) is 5. The molecule has 0 unspecified atom stereocenters. The van der Waals surface area contributed by atoms with E-state index < -0.39 is 0 Å². The van der Waals surface area contributed by atoms with E-state index in [-0.39, 0.29) is 5.92 Å². The maximum Gasteiger partial charge on any atom is 0.225 e. The van der Waals surface area contributed by atoms with Gasteiger partial charge in [-0.2, -0.15) is 4.37 Å². The summed E-state index contributed by atoms with van der Waals surface area (Å²) >= 11 is 1.49. The molecule has 2 saturated heterocycles. The van der Waals surface area contributed by atoms with Gasteiger partial charge in [-0.1, -0.05) is 36.8 Å². The first-order chi connectivity index (χ1) is 13.6. The molecule has 150 valence electrons. The lowest BCUT2D eigenvalue weighted by Crippen LogP contribution is -2.45. The van der Waals surface area contributed by atoms with Crippen LogP contribution in [0.3, 0.4) is 0 Å². The van der Waals surface area contributed by atoms with Crippen LogP contribution in [0.15, 0.2) is 24.3 Å². The SMILES string of the molecule is Cc1ccc(Cc2nsc(N3CCC(C(=O)N4CCC(C)CC4)CC3)n2)cc1. The lowest BCUT2D eigenvalue weighted by Gasteiger charge is -2.36. The van der Waals surface area contributed by atoms with Gasteiger partial charge in [0.05, 0.1) is 0 Å². The van der Waals surface area contributed by atoms with Gasteiger partial charge in [-0.05, 0) is 44.1 Å². The van der Waals surface area contributed by atoms with E-state index in [0.717, 1.165) is 75.2 Å². The molecule has 2 aliphatic heterocycles. The van der Waals surface area contributed by atoms with Crippen LogP contribution in [0.25, 0.3) is 0 Å². The smallest absolute Gasteiger partial charge is 0.225 e. The highest BCUT2D eigenvalue weighted by molar-refractivity contribution is 7.09. The lowest BCUT2D eigenvalue weighted by atomic mass is 9.93. The minimum Gasteiger partial charge on any atom is -0.347 e. The van der Waals surface area contributed by atoms with Crippen molar-refractivity contribution in [3.63, 3.8) is 0 Å². The zero-order valence-electron chi connectivity index (χ0n) is 16.9. The number of aryl methyl sites for hydroxylation is 1. The van der Waals surface area contributed by atoms with E-state index in [1.54, 1.807) is 0 Å². The lowest BCUT2D eigenvalue weighted by molar-refractivity contribution is -0.137. The molecule has 4 rings (SSSR count). The number of piperidine rings is 2. The second kappa shape index (κ2) is 8.60. The van der Waals surface area contributed by atoms with Crippen molar-refractivity contribution in [2.24, 2.45) is 11.8 Å². The monoisotopic (exact) mass is 398 g/mol. The molecule has 0 aliphatic carbocycles. The normalized spacial score (nSPS) is 19.2. The predicted octanol–water partition coefficient (Wildman–Crippen LogP) is 3.91. The van der Waals surface area contributed by atoms with Gasteiger partial charge >= 0.3 is 0 Å². The van der Waals surface area contributed by atoms with E-state index in [9.17, 15) is 4.79 Å². The Morgan fingerprint density at radius 2 is 1.75 bits per heavy atom. The molecule has 2 fully saturated rings. The van der Waals surface area contributed by atoms with Crippen LogP contribution in [0.2, 0.25) is 0 Å². The number of hydrogen-bond donors (Lipinski definition) is 0. The molecule has 28 heavy (non-hydrogen) atoms. The highest BCUT2D eigenvalue weighted by Gasteiger charge is 2.31. The van der Waals surface area contributed by atoms with Crippen LogP contribution < -0.4 is 4.90 Å². The Kier molecular flexibility index (Phi) is 5.95. The standard InChI is InChI=1S/C22H30N4OS/c1-16-3-5-18(6-4-16)15-20-23-22(28-24-20)26-13-9-19(10-14-26)21(27)25-11-7-17(2)8-12-25/h3-6,17,19H,7-15H2,1-2H3. The van der Waals surface area contributed by atoms with Gasteiger partial charge in [0.15, 0.2) is 0 Å². The molecule has 0 atom stereocenters. The number of anilines is 1. The van der Waals surface area contributed by atoms with Gasteiger partial charge in [-0.15, -0.1) is 0 Å². The number of carbonyl (C=O) groups excluding carboxylic acids is 1. The van der Waals surface area contributed by atoms with E-state index in [0.29, 0.717) is 5.91 Å². The van der Waals surface area contributed by atoms with E-state index in [1.807, 2.05) is 0 Å². The molecule has 0 spiro atoms. The average molecular weight is 399 g/mol. The highest BCUT2D eigenvalue weighted by atomic mass is 32.1. The Balaban J connectivity index is 1.30. The van der Waals surface area contributed by atoms with Crippen LogP contribution in [-0.2, 0) is 11.2 Å². The summed E-state index contributed by atoms with van der Waals surface area (Å²) in [7, 11) is 0. The summed E-state index contributed by atoms with van der Waals surface area (Å²) in [5.41, 5.74) is 2.52. The summed E-state index contributed by atoms with van der Waals surface area (Å²) < 4.78 is 4.56.